The summed E-state index contributed by atoms with van der Waals surface area (Å²) in [4.78, 5) is 51.3. The molecule has 10 aliphatic heterocycles. The average molecular weight is 1800 g/mol. The summed E-state index contributed by atoms with van der Waals surface area (Å²) in [7, 11) is 0. The fourth-order valence-corrected chi connectivity index (χ4v) is 15.8. The Hall–Kier alpha value is -4.00. The Balaban J connectivity index is 1.09. The zero-order valence-corrected chi connectivity index (χ0v) is 65.9. The lowest BCUT2D eigenvalue weighted by molar-refractivity contribution is -0.407. The van der Waals surface area contributed by atoms with Crippen molar-refractivity contribution in [2.75, 3.05) is 66.1 Å². The molecule has 4 amide bonds. The van der Waals surface area contributed by atoms with Gasteiger partial charge in [0, 0.05) is 27.7 Å². The normalized spacial score (nSPS) is 49.4. The Bertz CT molecular complexity index is 3310. The van der Waals surface area contributed by atoms with Crippen molar-refractivity contribution in [3.05, 3.63) is 0 Å². The fourth-order valence-electron chi connectivity index (χ4n) is 15.8. The molecule has 0 bridgehead atoms. The molecule has 0 aliphatic carbocycles. The summed E-state index contributed by atoms with van der Waals surface area (Å²) in [6, 6.07) is -7.66. The maximum atomic E-state index is 13.3. The van der Waals surface area contributed by atoms with Gasteiger partial charge in [0.15, 0.2) is 62.9 Å². The second kappa shape index (κ2) is 44.3. The molecule has 0 aromatic heterocycles. The number of carbonyl (C=O) groups is 4. The van der Waals surface area contributed by atoms with Crippen molar-refractivity contribution in [3.63, 3.8) is 0 Å². The van der Waals surface area contributed by atoms with Crippen molar-refractivity contribution in [2.45, 2.75) is 335 Å². The van der Waals surface area contributed by atoms with Gasteiger partial charge >= 0.3 is 0 Å². The number of aliphatic hydroxyl groups excluding tert-OH is 28. The number of hydrogen-bond donors (Lipinski definition) is 32. The summed E-state index contributed by atoms with van der Waals surface area (Å²) in [6.45, 7) is -7.91. The number of nitrogens with one attached hydrogen (secondary N) is 4. The largest absolute Gasteiger partial charge is 0.394 e. The van der Waals surface area contributed by atoms with Gasteiger partial charge in [-0.3, -0.25) is 19.2 Å². The maximum absolute atomic E-state index is 13.3. The van der Waals surface area contributed by atoms with E-state index in [2.05, 4.69) is 21.3 Å². The van der Waals surface area contributed by atoms with Crippen LogP contribution < -0.4 is 21.3 Å². The van der Waals surface area contributed by atoms with Crippen molar-refractivity contribution in [2.24, 2.45) is 0 Å². The van der Waals surface area contributed by atoms with Crippen LogP contribution in [0.15, 0.2) is 0 Å². The molecule has 1 unspecified atom stereocenters. The number of hydrogen-bond acceptors (Lipinski definition) is 51. The average Bonchev–Trinajstić information content (AvgIpc) is 0.759. The van der Waals surface area contributed by atoms with E-state index in [1.54, 1.807) is 0 Å². The molecule has 55 nitrogen and oxygen atoms in total. The van der Waals surface area contributed by atoms with Crippen LogP contribution in [0.3, 0.4) is 0 Å². The molecule has 32 N–H and O–H groups in total. The third-order valence-electron chi connectivity index (χ3n) is 22.5. The van der Waals surface area contributed by atoms with E-state index in [0.717, 1.165) is 27.7 Å². The molecule has 0 spiro atoms. The Morgan fingerprint density at radius 1 is 0.211 bits per heavy atom. The van der Waals surface area contributed by atoms with Gasteiger partial charge in [0.1, 0.15) is 244 Å². The highest BCUT2D eigenvalue weighted by atomic mass is 16.8. The molecule has 10 heterocycles. The summed E-state index contributed by atoms with van der Waals surface area (Å²) in [5, 5.41) is 323. The first kappa shape index (κ1) is 101. The van der Waals surface area contributed by atoms with Crippen LogP contribution >= 0.6 is 0 Å². The van der Waals surface area contributed by atoms with E-state index in [4.69, 9.17) is 90.0 Å². The molecule has 10 saturated heterocycles. The summed E-state index contributed by atoms with van der Waals surface area (Å²) in [6.07, 6.45) is -101. The SMILES string of the molecule is CC(=O)N[C@H]1[C@H](O[C@H]2[C@H](O)[C@@H](NC(C)=O)C(O)O[C@@H]2CO)O[C@H](CO)[C@@H](O[C@@H]2O[C@H](CO[C@H]3O[C@H](CO[C@H]4O[C@H](CO)[C@@H](O)[C@H](O)[C@@H]4O[C@H]4O[C@H](CO)[C@@H](O)[C@H](O)[C@@H]4O)[C@@H](O)[C@H](O[C@H]4O[C@H](CO)[C@@H](O)[C@H](O)[C@@H]4O)[C@@H]3O)[C@@H](O[C@@H]3O[C@H](CO)[C@@H](O)[C@H](O)[C@H]3NC(C)=O)[C@H](O[C@H]3O[C@H](CO)[C@@H](O)[C@H](O)[C@@H]3O[C@@H]3O[C@H](CO)[C@@H](O)[C@H](O)[C@H]3NC(C)=O)[C@@H]2O)[C@@H]1O. The lowest BCUT2D eigenvalue weighted by Gasteiger charge is -2.52. The number of amides is 4. The van der Waals surface area contributed by atoms with Crippen LogP contribution in [0.5, 0.6) is 0 Å². The van der Waals surface area contributed by atoms with Crippen LogP contribution in [0.25, 0.3) is 0 Å². The first-order valence-electron chi connectivity index (χ1n) is 39.1. The molecule has 123 heavy (non-hydrogen) atoms. The van der Waals surface area contributed by atoms with Gasteiger partial charge in [-0.2, -0.15) is 0 Å². The third kappa shape index (κ3) is 22.4. The molecule has 10 fully saturated rings. The number of aliphatic hydroxyl groups is 28. The molecule has 55 heteroatoms. The van der Waals surface area contributed by atoms with Crippen LogP contribution in [0.4, 0.5) is 0 Å². The van der Waals surface area contributed by atoms with Crippen LogP contribution in [0.1, 0.15) is 27.7 Å². The molecule has 0 saturated carbocycles. The first-order valence-corrected chi connectivity index (χ1v) is 39.1. The minimum atomic E-state index is -2.75. The second-order valence-corrected chi connectivity index (χ2v) is 31.0. The Kier molecular flexibility index (Phi) is 36.4. The lowest BCUT2D eigenvalue weighted by atomic mass is 9.93. The minimum absolute atomic E-state index is 0.822. The van der Waals surface area contributed by atoms with Gasteiger partial charge in [-0.15, -0.1) is 0 Å². The van der Waals surface area contributed by atoms with Gasteiger partial charge < -0.3 is 254 Å². The van der Waals surface area contributed by atoms with E-state index < -0.39 is 397 Å². The van der Waals surface area contributed by atoms with E-state index in [1.807, 2.05) is 0 Å². The molecular weight excluding hydrogens is 1690 g/mol. The van der Waals surface area contributed by atoms with E-state index in [9.17, 15) is 162 Å². The van der Waals surface area contributed by atoms with Gasteiger partial charge in [0.25, 0.3) is 0 Å². The second-order valence-electron chi connectivity index (χ2n) is 31.0. The van der Waals surface area contributed by atoms with E-state index in [-0.39, 0.29) is 0 Å². The summed E-state index contributed by atoms with van der Waals surface area (Å²) in [5.41, 5.74) is 0. The van der Waals surface area contributed by atoms with Crippen LogP contribution in [0, 0.1) is 0 Å². The van der Waals surface area contributed by atoms with Gasteiger partial charge in [0.2, 0.25) is 23.6 Å². The highest BCUT2D eigenvalue weighted by Crippen LogP contribution is 2.41. The standard InChI is InChI=1S/C68H114N4O51/c1-15(81)69-29-42(94)52(25(11-79)107-59(29)104)117-62-32(72-18(4)84)43(95)53(26(12-80)114-62)118-66-51(103)56(121-68-58(47(99)38(90)24(10-78)113-68)122-61-31(71-17(3)83)41(93)34(86)20(6-74)109-61)54(119-60-30(70-16(2)82)40(92)33(85)19(5-73)108-60)28(116-66)14-105-63-50(102)55(120-64-48(100)44(96)35(87)21(7-75)110-64)39(91)27(115-63)13-106-67-57(46(98)37(89)23(9-77)112-67)123-65-49(101)45(97)36(88)22(8-76)111-65/h19-68,73-80,85-104H,5-14H2,1-4H3,(H,69,81)(H,70,82)(H,71,83)(H,72,84)/t19-,20-,21-,22-,23-,24-,25-,26-,27-,28-,29-,30-,31-,32-,33-,34-,35-,36-,37-,38-,39-,40-,41-,42-,43-,44+,45+,46+,47+,48+,49+,50+,51+,52-,53-,54-,55+,56-,57+,58+,59?,60+,61+,62+,63+,64-,65-,66+,67+,68-/m1/s1. The van der Waals surface area contributed by atoms with E-state index in [1.165, 1.54) is 0 Å². The van der Waals surface area contributed by atoms with Crippen LogP contribution in [-0.2, 0) is 109 Å². The van der Waals surface area contributed by atoms with Crippen molar-refractivity contribution in [1.29, 1.82) is 0 Å². The van der Waals surface area contributed by atoms with Crippen molar-refractivity contribution < 1.29 is 252 Å². The molecule has 10 aliphatic rings. The predicted molar refractivity (Wildman–Crippen MR) is 376 cm³/mol. The zero-order chi connectivity index (χ0) is 90.5. The lowest BCUT2D eigenvalue weighted by Crippen LogP contribution is -2.71. The van der Waals surface area contributed by atoms with Gasteiger partial charge in [-0.05, 0) is 0 Å². The summed E-state index contributed by atoms with van der Waals surface area (Å²) >= 11 is 0. The predicted octanol–water partition coefficient (Wildman–Crippen LogP) is -22.2. The Labute approximate surface area is 695 Å². The van der Waals surface area contributed by atoms with Crippen LogP contribution in [0.2, 0.25) is 0 Å². The summed E-state index contributed by atoms with van der Waals surface area (Å²) < 4.78 is 115. The quantitative estimate of drug-likeness (QED) is 0.0297. The van der Waals surface area contributed by atoms with Crippen molar-refractivity contribution in [3.8, 4) is 0 Å². The molecule has 0 aromatic rings. The topological polar surface area (TPSA) is 858 Å². The zero-order valence-electron chi connectivity index (χ0n) is 65.9. The van der Waals surface area contributed by atoms with E-state index >= 15 is 0 Å². The number of rotatable bonds is 32. The summed E-state index contributed by atoms with van der Waals surface area (Å²) in [5.74, 6) is -3.76. The molecule has 0 aromatic carbocycles. The number of carbonyl (C=O) groups excluding carboxylic acids is 4. The Morgan fingerprint density at radius 3 is 0.919 bits per heavy atom. The first-order chi connectivity index (χ1) is 58.2. The smallest absolute Gasteiger partial charge is 0.217 e. The fraction of sp³-hybridized carbons (Fsp3) is 0.941. The third-order valence-corrected chi connectivity index (χ3v) is 22.5. The molecule has 50 atom stereocenters. The molecule has 0 radical (unpaired) electrons. The molecular formula is C68H114N4O51. The number of ether oxygens (including phenoxy) is 19. The van der Waals surface area contributed by atoms with Gasteiger partial charge in [-0.25, -0.2) is 0 Å². The van der Waals surface area contributed by atoms with Gasteiger partial charge in [0.05, 0.1) is 66.1 Å². The molecule has 712 valence electrons. The van der Waals surface area contributed by atoms with Crippen LogP contribution in [-0.4, -0.2) is 539 Å². The van der Waals surface area contributed by atoms with Crippen molar-refractivity contribution >= 4 is 23.6 Å². The van der Waals surface area contributed by atoms with E-state index in [0.29, 0.717) is 0 Å². The highest BCUT2D eigenvalue weighted by Gasteiger charge is 2.62. The Morgan fingerprint density at radius 2 is 0.480 bits per heavy atom. The maximum Gasteiger partial charge on any atom is 0.217 e. The van der Waals surface area contributed by atoms with Gasteiger partial charge in [-0.1, -0.05) is 0 Å². The molecule has 10 rings (SSSR count). The minimum Gasteiger partial charge on any atom is -0.394 e. The highest BCUT2D eigenvalue weighted by molar-refractivity contribution is 5.74. The van der Waals surface area contributed by atoms with Crippen molar-refractivity contribution in [1.82, 2.24) is 21.3 Å². The monoisotopic (exact) mass is 1800 g/mol.